The molecule has 2 amide bonds. The van der Waals surface area contributed by atoms with E-state index in [4.69, 9.17) is 0 Å². The second-order valence-corrected chi connectivity index (χ2v) is 9.05. The summed E-state index contributed by atoms with van der Waals surface area (Å²) in [6.45, 7) is 7.85. The van der Waals surface area contributed by atoms with Crippen LogP contribution in [0.15, 0.2) is 72.8 Å². The Labute approximate surface area is 211 Å². The minimum atomic E-state index is -0.208. The first kappa shape index (κ1) is 23.8. The first-order valence-corrected chi connectivity index (χ1v) is 12.5. The molecule has 0 bridgehead atoms. The lowest BCUT2D eigenvalue weighted by molar-refractivity contribution is 0.101. The summed E-state index contributed by atoms with van der Waals surface area (Å²) in [6, 6.07) is 22.5. The molecule has 186 valence electrons. The first-order valence-electron chi connectivity index (χ1n) is 12.5. The summed E-state index contributed by atoms with van der Waals surface area (Å²) in [5.74, 6) is -0.416. The molecule has 2 fully saturated rings. The second-order valence-electron chi connectivity index (χ2n) is 9.05. The van der Waals surface area contributed by atoms with Crippen LogP contribution in [0.4, 0.5) is 22.7 Å². The number of hydrogen-bond acceptors (Lipinski definition) is 6. The van der Waals surface area contributed by atoms with Gasteiger partial charge < -0.3 is 31.1 Å². The van der Waals surface area contributed by atoms with Crippen molar-refractivity contribution in [1.82, 2.24) is 10.6 Å². The maximum absolute atomic E-state index is 12.7. The summed E-state index contributed by atoms with van der Waals surface area (Å²) in [4.78, 5) is 30.0. The zero-order valence-electron chi connectivity index (χ0n) is 20.3. The van der Waals surface area contributed by atoms with Crippen molar-refractivity contribution in [1.29, 1.82) is 0 Å². The van der Waals surface area contributed by atoms with Gasteiger partial charge in [0.15, 0.2) is 0 Å². The molecule has 5 rings (SSSR count). The van der Waals surface area contributed by atoms with Crippen LogP contribution in [-0.4, -0.2) is 64.2 Å². The highest BCUT2D eigenvalue weighted by atomic mass is 16.2. The van der Waals surface area contributed by atoms with E-state index in [1.54, 1.807) is 24.3 Å². The third-order valence-corrected chi connectivity index (χ3v) is 6.62. The Morgan fingerprint density at radius 1 is 0.528 bits per heavy atom. The van der Waals surface area contributed by atoms with Gasteiger partial charge in [-0.25, -0.2) is 0 Å². The fraction of sp³-hybridized carbons (Fsp3) is 0.286. The van der Waals surface area contributed by atoms with Crippen molar-refractivity contribution in [2.45, 2.75) is 0 Å². The Morgan fingerprint density at radius 3 is 1.19 bits per heavy atom. The van der Waals surface area contributed by atoms with E-state index in [2.05, 4.69) is 31.1 Å². The van der Waals surface area contributed by atoms with Gasteiger partial charge in [0.1, 0.15) is 0 Å². The van der Waals surface area contributed by atoms with Gasteiger partial charge in [-0.1, -0.05) is 0 Å². The minimum absolute atomic E-state index is 0.208. The van der Waals surface area contributed by atoms with Crippen molar-refractivity contribution >= 4 is 34.6 Å². The fourth-order valence-electron chi connectivity index (χ4n) is 4.54. The number of rotatable bonds is 6. The Bertz CT molecular complexity index is 1070. The van der Waals surface area contributed by atoms with Crippen LogP contribution in [0.2, 0.25) is 0 Å². The van der Waals surface area contributed by atoms with E-state index in [1.165, 1.54) is 0 Å². The fourth-order valence-corrected chi connectivity index (χ4v) is 4.54. The Balaban J connectivity index is 1.15. The van der Waals surface area contributed by atoms with Crippen LogP contribution >= 0.6 is 0 Å². The maximum atomic E-state index is 12.7. The molecule has 0 radical (unpaired) electrons. The monoisotopic (exact) mass is 484 g/mol. The Morgan fingerprint density at radius 2 is 0.861 bits per heavy atom. The third-order valence-electron chi connectivity index (χ3n) is 6.62. The molecule has 8 heteroatoms. The molecular weight excluding hydrogens is 452 g/mol. The number of benzene rings is 3. The normalized spacial score (nSPS) is 15.9. The number of amides is 2. The van der Waals surface area contributed by atoms with E-state index in [0.29, 0.717) is 11.1 Å². The first-order chi connectivity index (χ1) is 17.7. The molecule has 4 N–H and O–H groups in total. The molecule has 3 aromatic carbocycles. The SMILES string of the molecule is O=C(Nc1ccc(N2CCNCC2)cc1)c1ccc(C(=O)Nc2ccc(N3CCNCC3)cc2)cc1. The van der Waals surface area contributed by atoms with Gasteiger partial charge >= 0.3 is 0 Å². The largest absolute Gasteiger partial charge is 0.369 e. The molecule has 36 heavy (non-hydrogen) atoms. The maximum Gasteiger partial charge on any atom is 0.255 e. The topological polar surface area (TPSA) is 88.7 Å². The average molecular weight is 485 g/mol. The predicted octanol–water partition coefficient (Wildman–Crippen LogP) is 3.01. The third kappa shape index (κ3) is 5.84. The number of hydrogen-bond donors (Lipinski definition) is 4. The molecule has 8 nitrogen and oxygen atoms in total. The zero-order chi connectivity index (χ0) is 24.7. The summed E-state index contributed by atoms with van der Waals surface area (Å²) in [5.41, 5.74) is 4.79. The molecule has 2 aliphatic heterocycles. The molecule has 3 aromatic rings. The summed E-state index contributed by atoms with van der Waals surface area (Å²) in [5, 5.41) is 12.6. The van der Waals surface area contributed by atoms with Crippen molar-refractivity contribution in [2.24, 2.45) is 0 Å². The summed E-state index contributed by atoms with van der Waals surface area (Å²) in [7, 11) is 0. The number of piperazine rings is 2. The van der Waals surface area contributed by atoms with E-state index in [9.17, 15) is 9.59 Å². The van der Waals surface area contributed by atoms with Gasteiger partial charge in [-0.3, -0.25) is 9.59 Å². The highest BCUT2D eigenvalue weighted by molar-refractivity contribution is 6.07. The van der Waals surface area contributed by atoms with Crippen LogP contribution in [0.1, 0.15) is 20.7 Å². The summed E-state index contributed by atoms with van der Waals surface area (Å²) >= 11 is 0. The number of carbonyl (C=O) groups is 2. The average Bonchev–Trinajstić information content (AvgIpc) is 2.95. The molecule has 2 aliphatic rings. The number of nitrogens with one attached hydrogen (secondary N) is 4. The number of anilines is 4. The Hall–Kier alpha value is -3.88. The van der Waals surface area contributed by atoms with E-state index in [0.717, 1.165) is 75.1 Å². The summed E-state index contributed by atoms with van der Waals surface area (Å²) in [6.07, 6.45) is 0. The van der Waals surface area contributed by atoms with Gasteiger partial charge in [-0.15, -0.1) is 0 Å². The molecule has 0 atom stereocenters. The van der Waals surface area contributed by atoms with Gasteiger partial charge in [0.05, 0.1) is 0 Å². The number of carbonyl (C=O) groups excluding carboxylic acids is 2. The van der Waals surface area contributed by atoms with Crippen LogP contribution < -0.4 is 31.1 Å². The minimum Gasteiger partial charge on any atom is -0.369 e. The van der Waals surface area contributed by atoms with Crippen LogP contribution in [-0.2, 0) is 0 Å². The lowest BCUT2D eigenvalue weighted by atomic mass is 10.1. The second kappa shape index (κ2) is 11.2. The lowest BCUT2D eigenvalue weighted by Crippen LogP contribution is -2.43. The van der Waals surface area contributed by atoms with Crippen molar-refractivity contribution in [2.75, 3.05) is 72.8 Å². The molecule has 0 spiro atoms. The molecule has 2 saturated heterocycles. The van der Waals surface area contributed by atoms with Gasteiger partial charge in [0.25, 0.3) is 11.8 Å². The van der Waals surface area contributed by atoms with Crippen molar-refractivity contribution in [3.63, 3.8) is 0 Å². The van der Waals surface area contributed by atoms with Gasteiger partial charge in [0, 0.05) is 86.2 Å². The van der Waals surface area contributed by atoms with Gasteiger partial charge in [0.2, 0.25) is 0 Å². The van der Waals surface area contributed by atoms with E-state index >= 15 is 0 Å². The van der Waals surface area contributed by atoms with Gasteiger partial charge in [-0.05, 0) is 72.8 Å². The van der Waals surface area contributed by atoms with Crippen molar-refractivity contribution < 1.29 is 9.59 Å². The van der Waals surface area contributed by atoms with Crippen LogP contribution in [0, 0.1) is 0 Å². The molecule has 2 heterocycles. The van der Waals surface area contributed by atoms with E-state index in [-0.39, 0.29) is 11.8 Å². The highest BCUT2D eigenvalue weighted by Crippen LogP contribution is 2.20. The Kier molecular flexibility index (Phi) is 7.44. The zero-order valence-corrected chi connectivity index (χ0v) is 20.3. The molecule has 0 saturated carbocycles. The summed E-state index contributed by atoms with van der Waals surface area (Å²) < 4.78 is 0. The van der Waals surface area contributed by atoms with Crippen LogP contribution in [0.25, 0.3) is 0 Å². The van der Waals surface area contributed by atoms with Crippen molar-refractivity contribution in [3.8, 4) is 0 Å². The smallest absolute Gasteiger partial charge is 0.255 e. The molecular formula is C28H32N6O2. The van der Waals surface area contributed by atoms with Crippen LogP contribution in [0.5, 0.6) is 0 Å². The predicted molar refractivity (Wildman–Crippen MR) is 145 cm³/mol. The van der Waals surface area contributed by atoms with E-state index < -0.39 is 0 Å². The van der Waals surface area contributed by atoms with Gasteiger partial charge in [-0.2, -0.15) is 0 Å². The quantitative estimate of drug-likeness (QED) is 0.430. The molecule has 0 aliphatic carbocycles. The highest BCUT2D eigenvalue weighted by Gasteiger charge is 2.13. The molecule has 0 unspecified atom stereocenters. The van der Waals surface area contributed by atoms with Crippen molar-refractivity contribution in [3.05, 3.63) is 83.9 Å². The van der Waals surface area contributed by atoms with Crippen LogP contribution in [0.3, 0.4) is 0 Å². The standard InChI is InChI=1S/C28H32N6O2/c35-27(31-23-5-9-25(10-6-23)33-17-13-29-14-18-33)21-1-2-22(4-3-21)28(36)32-24-7-11-26(12-8-24)34-19-15-30-16-20-34/h1-12,29-30H,13-20H2,(H,31,35)(H,32,36). The number of nitrogens with zero attached hydrogens (tertiary/aromatic N) is 2. The molecule has 0 aromatic heterocycles. The lowest BCUT2D eigenvalue weighted by Gasteiger charge is -2.29. The van der Waals surface area contributed by atoms with E-state index in [1.807, 2.05) is 48.5 Å².